The van der Waals surface area contributed by atoms with Crippen molar-refractivity contribution in [2.75, 3.05) is 0 Å². The molecule has 0 aliphatic heterocycles. The van der Waals surface area contributed by atoms with Gasteiger partial charge in [-0.15, -0.1) is 0 Å². The van der Waals surface area contributed by atoms with Crippen molar-refractivity contribution in [3.8, 4) is 0 Å². The highest BCUT2D eigenvalue weighted by molar-refractivity contribution is 6.42. The lowest BCUT2D eigenvalue weighted by molar-refractivity contribution is -0.131. The molecule has 2 nitrogen and oxygen atoms in total. The van der Waals surface area contributed by atoms with Crippen LogP contribution in [-0.4, -0.2) is 16.8 Å². The summed E-state index contributed by atoms with van der Waals surface area (Å²) in [6, 6.07) is 12.0. The molecule has 0 bridgehead atoms. The summed E-state index contributed by atoms with van der Waals surface area (Å²) in [4.78, 5) is 14.4. The van der Waals surface area contributed by atoms with Crippen LogP contribution in [0.1, 0.15) is 24.0 Å². The van der Waals surface area contributed by atoms with Crippen LogP contribution < -0.4 is 0 Å². The lowest BCUT2D eigenvalue weighted by Crippen LogP contribution is -2.34. The second-order valence-electron chi connectivity index (χ2n) is 5.77. The van der Waals surface area contributed by atoms with Gasteiger partial charge in [0.2, 0.25) is 5.91 Å². The lowest BCUT2D eigenvalue weighted by atomic mass is 10.1. The summed E-state index contributed by atoms with van der Waals surface area (Å²) in [5.74, 6) is -0.297. The zero-order valence-corrected chi connectivity index (χ0v) is 13.9. The van der Waals surface area contributed by atoms with E-state index in [2.05, 4.69) is 0 Å². The Balaban J connectivity index is 1.74. The van der Waals surface area contributed by atoms with Crippen molar-refractivity contribution in [1.29, 1.82) is 0 Å². The smallest absolute Gasteiger partial charge is 0.227 e. The number of rotatable bonds is 5. The Labute approximate surface area is 144 Å². The van der Waals surface area contributed by atoms with Gasteiger partial charge in [0.15, 0.2) is 0 Å². The highest BCUT2D eigenvalue weighted by Crippen LogP contribution is 2.30. The van der Waals surface area contributed by atoms with Gasteiger partial charge >= 0.3 is 0 Å². The summed E-state index contributed by atoms with van der Waals surface area (Å²) < 4.78 is 13.9. The topological polar surface area (TPSA) is 20.3 Å². The quantitative estimate of drug-likeness (QED) is 0.752. The third-order valence-electron chi connectivity index (χ3n) is 3.95. The number of halogens is 3. The fourth-order valence-electron chi connectivity index (χ4n) is 2.54. The molecule has 0 saturated heterocycles. The van der Waals surface area contributed by atoms with Gasteiger partial charge in [0.1, 0.15) is 5.82 Å². The van der Waals surface area contributed by atoms with Crippen LogP contribution in [0.5, 0.6) is 0 Å². The molecule has 1 amide bonds. The molecule has 3 rings (SSSR count). The van der Waals surface area contributed by atoms with E-state index in [1.54, 1.807) is 41.3 Å². The molecule has 120 valence electrons. The van der Waals surface area contributed by atoms with Crippen molar-refractivity contribution in [1.82, 2.24) is 4.90 Å². The Morgan fingerprint density at radius 1 is 1.13 bits per heavy atom. The monoisotopic (exact) mass is 351 g/mol. The van der Waals surface area contributed by atoms with Gasteiger partial charge in [-0.25, -0.2) is 4.39 Å². The predicted molar refractivity (Wildman–Crippen MR) is 90.1 cm³/mol. The lowest BCUT2D eigenvalue weighted by Gasteiger charge is -2.23. The Hall–Kier alpha value is -1.58. The average molecular weight is 352 g/mol. The van der Waals surface area contributed by atoms with Crippen LogP contribution in [-0.2, 0) is 17.8 Å². The molecular formula is C18H16Cl2FNO. The largest absolute Gasteiger partial charge is 0.335 e. The molecule has 5 heteroatoms. The Morgan fingerprint density at radius 3 is 2.52 bits per heavy atom. The Kier molecular flexibility index (Phi) is 4.88. The first-order valence-corrected chi connectivity index (χ1v) is 8.27. The van der Waals surface area contributed by atoms with Gasteiger partial charge in [0.25, 0.3) is 0 Å². The molecule has 0 radical (unpaired) electrons. The fourth-order valence-corrected chi connectivity index (χ4v) is 2.86. The minimum absolute atomic E-state index is 0.0193. The van der Waals surface area contributed by atoms with Crippen LogP contribution >= 0.6 is 23.2 Å². The number of hydrogen-bond donors (Lipinski definition) is 0. The van der Waals surface area contributed by atoms with Crippen LogP contribution in [0.15, 0.2) is 42.5 Å². The Bertz CT molecular complexity index is 731. The standard InChI is InChI=1S/C18H16Cl2FNO/c19-15-8-5-12(9-16(15)20)10-18(23)22(14-6-7-14)11-13-3-1-2-4-17(13)21/h1-5,8-9,14H,6-7,10-11H2. The second kappa shape index (κ2) is 6.90. The Morgan fingerprint density at radius 2 is 1.87 bits per heavy atom. The van der Waals surface area contributed by atoms with Crippen molar-refractivity contribution in [3.05, 3.63) is 69.5 Å². The number of nitrogens with zero attached hydrogens (tertiary/aromatic N) is 1. The summed E-state index contributed by atoms with van der Waals surface area (Å²) in [7, 11) is 0. The zero-order chi connectivity index (χ0) is 16.4. The molecule has 1 aliphatic carbocycles. The van der Waals surface area contributed by atoms with Crippen LogP contribution in [0, 0.1) is 5.82 Å². The highest BCUT2D eigenvalue weighted by atomic mass is 35.5. The molecule has 2 aromatic rings. The molecule has 1 fully saturated rings. The molecule has 0 spiro atoms. The van der Waals surface area contributed by atoms with Gasteiger partial charge in [-0.2, -0.15) is 0 Å². The van der Waals surface area contributed by atoms with Gasteiger partial charge in [0, 0.05) is 18.2 Å². The second-order valence-corrected chi connectivity index (χ2v) is 6.58. The van der Waals surface area contributed by atoms with Crippen molar-refractivity contribution >= 4 is 29.1 Å². The summed E-state index contributed by atoms with van der Waals surface area (Å²) in [5, 5.41) is 0.900. The first-order valence-electron chi connectivity index (χ1n) is 7.51. The summed E-state index contributed by atoms with van der Waals surface area (Å²) in [5.41, 5.74) is 1.35. The van der Waals surface area contributed by atoms with E-state index in [4.69, 9.17) is 23.2 Å². The van der Waals surface area contributed by atoms with Crippen molar-refractivity contribution < 1.29 is 9.18 Å². The number of amides is 1. The minimum Gasteiger partial charge on any atom is -0.335 e. The van der Waals surface area contributed by atoms with Crippen LogP contribution in [0.25, 0.3) is 0 Å². The van der Waals surface area contributed by atoms with Crippen LogP contribution in [0.3, 0.4) is 0 Å². The molecule has 0 unspecified atom stereocenters. The van der Waals surface area contributed by atoms with Crippen molar-refractivity contribution in [3.63, 3.8) is 0 Å². The molecular weight excluding hydrogens is 336 g/mol. The molecule has 0 atom stereocenters. The highest BCUT2D eigenvalue weighted by Gasteiger charge is 2.32. The maximum atomic E-state index is 13.9. The number of carbonyl (C=O) groups excluding carboxylic acids is 1. The third kappa shape index (κ3) is 4.04. The molecule has 0 N–H and O–H groups in total. The number of benzene rings is 2. The molecule has 2 aromatic carbocycles. The SMILES string of the molecule is O=C(Cc1ccc(Cl)c(Cl)c1)N(Cc1ccccc1F)C1CC1. The molecule has 0 heterocycles. The van der Waals surface area contributed by atoms with E-state index in [1.807, 2.05) is 0 Å². The van der Waals surface area contributed by atoms with E-state index >= 15 is 0 Å². The third-order valence-corrected chi connectivity index (χ3v) is 4.68. The van der Waals surface area contributed by atoms with Gasteiger partial charge < -0.3 is 4.90 Å². The number of carbonyl (C=O) groups is 1. The van der Waals surface area contributed by atoms with Gasteiger partial charge in [-0.05, 0) is 36.6 Å². The molecule has 0 aromatic heterocycles. The number of hydrogen-bond acceptors (Lipinski definition) is 1. The molecule has 1 aliphatic rings. The fraction of sp³-hybridized carbons (Fsp3) is 0.278. The summed E-state index contributed by atoms with van der Waals surface area (Å²) in [6.45, 7) is 0.303. The molecule has 23 heavy (non-hydrogen) atoms. The van der Waals surface area contributed by atoms with Gasteiger partial charge in [-0.3, -0.25) is 4.79 Å². The zero-order valence-electron chi connectivity index (χ0n) is 12.4. The van der Waals surface area contributed by atoms with E-state index in [-0.39, 0.29) is 24.2 Å². The average Bonchev–Trinajstić information content (AvgIpc) is 3.35. The normalized spacial score (nSPS) is 13.9. The van der Waals surface area contributed by atoms with Crippen LogP contribution in [0.4, 0.5) is 4.39 Å². The summed E-state index contributed by atoms with van der Waals surface area (Å²) >= 11 is 11.9. The minimum atomic E-state index is -0.277. The van der Waals surface area contributed by atoms with Gasteiger partial charge in [0.05, 0.1) is 16.5 Å². The first-order chi connectivity index (χ1) is 11.0. The first kappa shape index (κ1) is 16.3. The summed E-state index contributed by atoms with van der Waals surface area (Å²) in [6.07, 6.45) is 2.19. The van der Waals surface area contributed by atoms with E-state index in [0.29, 0.717) is 22.2 Å². The maximum Gasteiger partial charge on any atom is 0.227 e. The van der Waals surface area contributed by atoms with E-state index in [0.717, 1.165) is 18.4 Å². The van der Waals surface area contributed by atoms with Crippen LogP contribution in [0.2, 0.25) is 10.0 Å². The van der Waals surface area contributed by atoms with Crippen molar-refractivity contribution in [2.24, 2.45) is 0 Å². The van der Waals surface area contributed by atoms with Crippen molar-refractivity contribution in [2.45, 2.75) is 31.8 Å². The predicted octanol–water partition coefficient (Wildman–Crippen LogP) is 4.87. The van der Waals surface area contributed by atoms with E-state index in [9.17, 15) is 9.18 Å². The molecule has 1 saturated carbocycles. The van der Waals surface area contributed by atoms with E-state index in [1.165, 1.54) is 6.07 Å². The van der Waals surface area contributed by atoms with Gasteiger partial charge in [-0.1, -0.05) is 47.5 Å². The van der Waals surface area contributed by atoms with E-state index < -0.39 is 0 Å². The maximum absolute atomic E-state index is 13.9.